The van der Waals surface area contributed by atoms with Crippen LogP contribution in [-0.4, -0.2) is 18.3 Å². The van der Waals surface area contributed by atoms with Gasteiger partial charge in [-0.15, -0.1) is 0 Å². The third-order valence-corrected chi connectivity index (χ3v) is 9.04. The van der Waals surface area contributed by atoms with Crippen LogP contribution >= 0.6 is 0 Å². The highest BCUT2D eigenvalue weighted by atomic mass is 16.7. The monoisotopic (exact) mass is 470 g/mol. The molecule has 2 aliphatic carbocycles. The summed E-state index contributed by atoms with van der Waals surface area (Å²) in [5.74, 6) is 0. The molecule has 3 heteroatoms. The largest absolute Gasteiger partial charge is 0.494 e. The van der Waals surface area contributed by atoms with E-state index >= 15 is 0 Å². The van der Waals surface area contributed by atoms with Crippen molar-refractivity contribution in [1.29, 1.82) is 0 Å². The Morgan fingerprint density at radius 3 is 1.67 bits per heavy atom. The highest BCUT2D eigenvalue weighted by molar-refractivity contribution is 6.62. The molecule has 1 fully saturated rings. The van der Waals surface area contributed by atoms with Gasteiger partial charge in [-0.2, -0.15) is 0 Å². The molecule has 1 aliphatic heterocycles. The van der Waals surface area contributed by atoms with Gasteiger partial charge in [0.05, 0.1) is 16.6 Å². The first kappa shape index (κ1) is 22.1. The first-order valence-corrected chi connectivity index (χ1v) is 13.0. The van der Waals surface area contributed by atoms with Crippen molar-refractivity contribution >= 4 is 12.6 Å². The summed E-state index contributed by atoms with van der Waals surface area (Å²) in [7, 11) is -0.391. The average molecular weight is 470 g/mol. The number of rotatable bonds is 1. The van der Waals surface area contributed by atoms with E-state index in [0.717, 1.165) is 5.46 Å². The van der Waals surface area contributed by atoms with Gasteiger partial charge >= 0.3 is 7.12 Å². The minimum absolute atomic E-state index is 0.350. The van der Waals surface area contributed by atoms with Gasteiger partial charge in [0.2, 0.25) is 0 Å². The molecule has 7 rings (SSSR count). The van der Waals surface area contributed by atoms with Crippen molar-refractivity contribution in [3.8, 4) is 22.3 Å². The summed E-state index contributed by atoms with van der Waals surface area (Å²) in [6.07, 6.45) is 0. The lowest BCUT2D eigenvalue weighted by Gasteiger charge is -2.32. The second-order valence-corrected chi connectivity index (χ2v) is 11.8. The highest BCUT2D eigenvalue weighted by Gasteiger charge is 2.54. The number of hydrogen-bond donors (Lipinski definition) is 0. The Morgan fingerprint density at radius 1 is 0.528 bits per heavy atom. The molecule has 4 aromatic carbocycles. The molecule has 0 unspecified atom stereocenters. The van der Waals surface area contributed by atoms with Gasteiger partial charge in [-0.1, -0.05) is 90.0 Å². The van der Waals surface area contributed by atoms with Crippen LogP contribution in [-0.2, 0) is 14.7 Å². The van der Waals surface area contributed by atoms with Crippen molar-refractivity contribution in [2.45, 2.75) is 58.2 Å². The van der Waals surface area contributed by atoms with E-state index in [9.17, 15) is 0 Å². The smallest absolute Gasteiger partial charge is 0.399 e. The number of fused-ring (bicyclic) bond motifs is 10. The van der Waals surface area contributed by atoms with Gasteiger partial charge < -0.3 is 9.31 Å². The summed E-state index contributed by atoms with van der Waals surface area (Å²) in [6, 6.07) is 29.7. The van der Waals surface area contributed by atoms with Crippen LogP contribution in [0.15, 0.2) is 78.9 Å². The SMILES string of the molecule is Cc1ccc2c(c1)-c1cc(C)ccc1C21c2ccccc2-c2ccc(B3OC(C)(C)C(C)(C)O3)cc21. The highest BCUT2D eigenvalue weighted by Crippen LogP contribution is 2.62. The summed E-state index contributed by atoms with van der Waals surface area (Å²) in [5.41, 5.74) is 13.3. The second kappa shape index (κ2) is 7.00. The molecule has 178 valence electrons. The quantitative estimate of drug-likeness (QED) is 0.242. The van der Waals surface area contributed by atoms with Crippen molar-refractivity contribution in [1.82, 2.24) is 0 Å². The molecule has 4 aromatic rings. The Bertz CT molecular complexity index is 1510. The van der Waals surface area contributed by atoms with Crippen LogP contribution in [0.2, 0.25) is 0 Å². The molecule has 1 saturated heterocycles. The predicted molar refractivity (Wildman–Crippen MR) is 148 cm³/mol. The first-order valence-electron chi connectivity index (χ1n) is 13.0. The van der Waals surface area contributed by atoms with Gasteiger partial charge in [-0.25, -0.2) is 0 Å². The fraction of sp³-hybridized carbons (Fsp3) is 0.273. The maximum absolute atomic E-state index is 6.49. The Balaban J connectivity index is 1.54. The van der Waals surface area contributed by atoms with E-state index in [1.165, 1.54) is 55.6 Å². The van der Waals surface area contributed by atoms with E-state index in [4.69, 9.17) is 9.31 Å². The lowest BCUT2D eigenvalue weighted by molar-refractivity contribution is 0.00578. The molecule has 0 bridgehead atoms. The number of benzene rings is 4. The summed E-state index contributed by atoms with van der Waals surface area (Å²) < 4.78 is 13.0. The lowest BCUT2D eigenvalue weighted by Crippen LogP contribution is -2.41. The van der Waals surface area contributed by atoms with E-state index in [0.29, 0.717) is 0 Å². The minimum Gasteiger partial charge on any atom is -0.399 e. The molecule has 0 saturated carbocycles. The van der Waals surface area contributed by atoms with Gasteiger partial charge in [0.25, 0.3) is 0 Å². The lowest BCUT2D eigenvalue weighted by atomic mass is 9.68. The molecule has 0 radical (unpaired) electrons. The van der Waals surface area contributed by atoms with Crippen molar-refractivity contribution in [3.05, 3.63) is 112 Å². The molecular weight excluding hydrogens is 439 g/mol. The molecule has 0 amide bonds. The summed E-state index contributed by atoms with van der Waals surface area (Å²) >= 11 is 0. The Morgan fingerprint density at radius 2 is 1.06 bits per heavy atom. The van der Waals surface area contributed by atoms with E-state index in [-0.39, 0.29) is 16.6 Å². The fourth-order valence-electron chi connectivity index (χ4n) is 6.56. The van der Waals surface area contributed by atoms with Crippen LogP contribution < -0.4 is 5.46 Å². The van der Waals surface area contributed by atoms with E-state index in [1.807, 2.05) is 0 Å². The second-order valence-electron chi connectivity index (χ2n) is 11.8. The molecule has 3 aliphatic rings. The van der Waals surface area contributed by atoms with Gasteiger partial charge in [0.15, 0.2) is 0 Å². The average Bonchev–Trinajstić information content (AvgIpc) is 3.37. The third-order valence-electron chi connectivity index (χ3n) is 9.04. The Labute approximate surface area is 214 Å². The zero-order valence-electron chi connectivity index (χ0n) is 21.9. The summed E-state index contributed by atoms with van der Waals surface area (Å²) in [5, 5.41) is 0. The Hall–Kier alpha value is -3.14. The predicted octanol–water partition coefficient (Wildman–Crippen LogP) is 6.95. The van der Waals surface area contributed by atoms with Crippen LogP contribution in [0.4, 0.5) is 0 Å². The van der Waals surface area contributed by atoms with Crippen LogP contribution in [0.3, 0.4) is 0 Å². The van der Waals surface area contributed by atoms with Crippen molar-refractivity contribution in [3.63, 3.8) is 0 Å². The number of aryl methyl sites for hydroxylation is 2. The van der Waals surface area contributed by atoms with Gasteiger partial charge in [0.1, 0.15) is 0 Å². The molecule has 0 N–H and O–H groups in total. The van der Waals surface area contributed by atoms with Crippen LogP contribution in [0.25, 0.3) is 22.3 Å². The number of hydrogen-bond acceptors (Lipinski definition) is 2. The molecular formula is C33H31BO2. The molecule has 2 nitrogen and oxygen atoms in total. The van der Waals surface area contributed by atoms with Gasteiger partial charge in [-0.3, -0.25) is 0 Å². The molecule has 1 spiro atoms. The normalized spacial score (nSPS) is 19.2. The zero-order chi connectivity index (χ0) is 25.0. The maximum Gasteiger partial charge on any atom is 0.494 e. The molecule has 0 atom stereocenters. The van der Waals surface area contributed by atoms with Gasteiger partial charge in [-0.05, 0) is 91.5 Å². The Kier molecular flexibility index (Phi) is 4.29. The van der Waals surface area contributed by atoms with Crippen molar-refractivity contribution in [2.75, 3.05) is 0 Å². The maximum atomic E-state index is 6.49. The van der Waals surface area contributed by atoms with E-state index in [2.05, 4.69) is 120 Å². The topological polar surface area (TPSA) is 18.5 Å². The molecule has 0 aromatic heterocycles. The minimum atomic E-state index is -0.391. The van der Waals surface area contributed by atoms with Crippen LogP contribution in [0, 0.1) is 13.8 Å². The van der Waals surface area contributed by atoms with Crippen molar-refractivity contribution in [2.24, 2.45) is 0 Å². The standard InChI is InChI=1S/C33H31BO2/c1-20-11-15-28-25(17-20)26-18-21(2)12-16-29(26)33(28)27-10-8-7-9-23(27)24-14-13-22(19-30(24)33)34-35-31(3,4)32(5,6)36-34/h7-19H,1-6H3. The summed E-state index contributed by atoms with van der Waals surface area (Å²) in [6.45, 7) is 12.8. The fourth-order valence-corrected chi connectivity index (χ4v) is 6.56. The van der Waals surface area contributed by atoms with E-state index < -0.39 is 7.12 Å². The zero-order valence-corrected chi connectivity index (χ0v) is 21.9. The van der Waals surface area contributed by atoms with E-state index in [1.54, 1.807) is 0 Å². The summed E-state index contributed by atoms with van der Waals surface area (Å²) in [4.78, 5) is 0. The molecule has 1 heterocycles. The van der Waals surface area contributed by atoms with Crippen LogP contribution in [0.5, 0.6) is 0 Å². The molecule has 36 heavy (non-hydrogen) atoms. The third kappa shape index (κ3) is 2.65. The van der Waals surface area contributed by atoms with Crippen LogP contribution in [0.1, 0.15) is 61.1 Å². The first-order chi connectivity index (χ1) is 17.1. The van der Waals surface area contributed by atoms with Crippen molar-refractivity contribution < 1.29 is 9.31 Å². The van der Waals surface area contributed by atoms with Gasteiger partial charge in [0, 0.05) is 0 Å².